The summed E-state index contributed by atoms with van der Waals surface area (Å²) in [4.78, 5) is 2.94. The van der Waals surface area contributed by atoms with E-state index in [9.17, 15) is 0 Å². The van der Waals surface area contributed by atoms with E-state index in [-0.39, 0.29) is 0 Å². The van der Waals surface area contributed by atoms with Gasteiger partial charge in [-0.05, 0) is 51.4 Å². The Morgan fingerprint density at radius 3 is 2.25 bits per heavy atom. The molecule has 3 rings (SSSR count). The fourth-order valence-corrected chi connectivity index (χ4v) is 4.76. The highest BCUT2D eigenvalue weighted by molar-refractivity contribution is 5.08. The summed E-state index contributed by atoms with van der Waals surface area (Å²) in [5.74, 6) is 1.69. The van der Waals surface area contributed by atoms with Crippen molar-refractivity contribution in [2.24, 2.45) is 11.8 Å². The van der Waals surface area contributed by atoms with Gasteiger partial charge in [-0.2, -0.15) is 0 Å². The van der Waals surface area contributed by atoms with Crippen LogP contribution in [0.1, 0.15) is 72.6 Å². The largest absolute Gasteiger partial charge is 0.308 e. The molecule has 2 unspecified atom stereocenters. The van der Waals surface area contributed by atoms with E-state index in [1.54, 1.807) is 0 Å². The van der Waals surface area contributed by atoms with Crippen molar-refractivity contribution in [2.45, 2.75) is 89.8 Å². The lowest BCUT2D eigenvalue weighted by Gasteiger charge is -2.56. The highest BCUT2D eigenvalue weighted by Crippen LogP contribution is 2.45. The van der Waals surface area contributed by atoms with Crippen molar-refractivity contribution < 1.29 is 0 Å². The SMILES string of the molecule is CC(C)C1CNC(C)(C2CC2)CN1C1(C)CCCCC1. The number of nitrogens with one attached hydrogen (secondary N) is 1. The molecule has 0 aromatic rings. The van der Waals surface area contributed by atoms with Gasteiger partial charge in [0.1, 0.15) is 0 Å². The van der Waals surface area contributed by atoms with E-state index < -0.39 is 0 Å². The Labute approximate surface area is 125 Å². The van der Waals surface area contributed by atoms with Crippen molar-refractivity contribution >= 4 is 0 Å². The van der Waals surface area contributed by atoms with Gasteiger partial charge >= 0.3 is 0 Å². The smallest absolute Gasteiger partial charge is 0.0309 e. The Morgan fingerprint density at radius 1 is 1.05 bits per heavy atom. The molecule has 2 saturated carbocycles. The van der Waals surface area contributed by atoms with Gasteiger partial charge in [-0.15, -0.1) is 0 Å². The van der Waals surface area contributed by atoms with E-state index in [0.717, 1.165) is 17.9 Å². The summed E-state index contributed by atoms with van der Waals surface area (Å²) in [5, 5.41) is 3.93. The molecule has 2 nitrogen and oxygen atoms in total. The van der Waals surface area contributed by atoms with Crippen LogP contribution in [0.25, 0.3) is 0 Å². The zero-order chi connectivity index (χ0) is 14.4. The molecule has 1 N–H and O–H groups in total. The first-order valence-electron chi connectivity index (χ1n) is 8.96. The van der Waals surface area contributed by atoms with Gasteiger partial charge in [0.15, 0.2) is 0 Å². The average Bonchev–Trinajstić information content (AvgIpc) is 3.24. The van der Waals surface area contributed by atoms with Gasteiger partial charge in [0.25, 0.3) is 0 Å². The van der Waals surface area contributed by atoms with Crippen LogP contribution >= 0.6 is 0 Å². The second-order valence-corrected chi connectivity index (χ2v) is 8.57. The molecular weight excluding hydrogens is 244 g/mol. The van der Waals surface area contributed by atoms with Crippen LogP contribution in [0, 0.1) is 11.8 Å². The van der Waals surface area contributed by atoms with E-state index in [0.29, 0.717) is 11.1 Å². The van der Waals surface area contributed by atoms with Crippen molar-refractivity contribution in [3.05, 3.63) is 0 Å². The molecule has 2 heteroatoms. The van der Waals surface area contributed by atoms with Crippen LogP contribution in [0.5, 0.6) is 0 Å². The van der Waals surface area contributed by atoms with Crippen LogP contribution in [0.3, 0.4) is 0 Å². The lowest BCUT2D eigenvalue weighted by molar-refractivity contribution is -0.0435. The van der Waals surface area contributed by atoms with Gasteiger partial charge in [-0.25, -0.2) is 0 Å². The fourth-order valence-electron chi connectivity index (χ4n) is 4.76. The normalized spacial score (nSPS) is 39.1. The highest BCUT2D eigenvalue weighted by Gasteiger charge is 2.50. The molecule has 3 aliphatic rings. The minimum Gasteiger partial charge on any atom is -0.308 e. The molecule has 0 radical (unpaired) electrons. The van der Waals surface area contributed by atoms with Gasteiger partial charge in [0.2, 0.25) is 0 Å². The third kappa shape index (κ3) is 2.66. The van der Waals surface area contributed by atoms with Crippen LogP contribution < -0.4 is 5.32 Å². The lowest BCUT2D eigenvalue weighted by Crippen LogP contribution is -2.70. The van der Waals surface area contributed by atoms with Gasteiger partial charge < -0.3 is 5.32 Å². The van der Waals surface area contributed by atoms with Crippen molar-refractivity contribution in [1.29, 1.82) is 0 Å². The minimum atomic E-state index is 0.381. The third-order valence-electron chi connectivity index (χ3n) is 6.49. The standard InChI is InChI=1S/C18H34N2/c1-14(2)16-12-19-18(4,15-8-9-15)13-20(16)17(3)10-6-5-7-11-17/h14-16,19H,5-13H2,1-4H3. The van der Waals surface area contributed by atoms with Crippen molar-refractivity contribution in [1.82, 2.24) is 10.2 Å². The average molecular weight is 278 g/mol. The van der Waals surface area contributed by atoms with Gasteiger partial charge in [0.05, 0.1) is 0 Å². The molecule has 0 amide bonds. The van der Waals surface area contributed by atoms with E-state index in [1.165, 1.54) is 58.0 Å². The highest BCUT2D eigenvalue weighted by atomic mass is 15.3. The minimum absolute atomic E-state index is 0.381. The lowest BCUT2D eigenvalue weighted by atomic mass is 9.77. The first-order chi connectivity index (χ1) is 9.45. The summed E-state index contributed by atoms with van der Waals surface area (Å²) in [6, 6.07) is 0.727. The number of nitrogens with zero attached hydrogens (tertiary/aromatic N) is 1. The summed E-state index contributed by atoms with van der Waals surface area (Å²) in [6.45, 7) is 12.3. The van der Waals surface area contributed by atoms with Gasteiger partial charge in [0, 0.05) is 30.2 Å². The fraction of sp³-hybridized carbons (Fsp3) is 1.00. The summed E-state index contributed by atoms with van der Waals surface area (Å²) in [7, 11) is 0. The van der Waals surface area contributed by atoms with Gasteiger partial charge in [-0.1, -0.05) is 33.1 Å². The Morgan fingerprint density at radius 2 is 1.70 bits per heavy atom. The first-order valence-corrected chi connectivity index (χ1v) is 8.96. The van der Waals surface area contributed by atoms with Crippen LogP contribution in [0.15, 0.2) is 0 Å². The van der Waals surface area contributed by atoms with E-state index in [2.05, 4.69) is 37.9 Å². The summed E-state index contributed by atoms with van der Waals surface area (Å²) in [6.07, 6.45) is 10.0. The van der Waals surface area contributed by atoms with Crippen molar-refractivity contribution in [2.75, 3.05) is 13.1 Å². The third-order valence-corrected chi connectivity index (χ3v) is 6.49. The predicted octanol–water partition coefficient (Wildman–Crippen LogP) is 3.81. The molecular formula is C18H34N2. The van der Waals surface area contributed by atoms with Crippen molar-refractivity contribution in [3.63, 3.8) is 0 Å². The zero-order valence-electron chi connectivity index (χ0n) is 14.0. The summed E-state index contributed by atoms with van der Waals surface area (Å²) >= 11 is 0. The van der Waals surface area contributed by atoms with Gasteiger partial charge in [-0.3, -0.25) is 4.90 Å². The predicted molar refractivity (Wildman–Crippen MR) is 86.0 cm³/mol. The molecule has 3 fully saturated rings. The van der Waals surface area contributed by atoms with Crippen LogP contribution in [0.4, 0.5) is 0 Å². The number of piperazine rings is 1. The van der Waals surface area contributed by atoms with E-state index >= 15 is 0 Å². The Hall–Kier alpha value is -0.0800. The molecule has 0 aromatic heterocycles. The number of hydrogen-bond donors (Lipinski definition) is 1. The number of hydrogen-bond acceptors (Lipinski definition) is 2. The molecule has 1 heterocycles. The summed E-state index contributed by atoms with van der Waals surface area (Å²) in [5.41, 5.74) is 0.845. The summed E-state index contributed by atoms with van der Waals surface area (Å²) < 4.78 is 0. The molecule has 2 atom stereocenters. The maximum atomic E-state index is 3.93. The molecule has 0 bridgehead atoms. The second-order valence-electron chi connectivity index (χ2n) is 8.57. The van der Waals surface area contributed by atoms with E-state index in [4.69, 9.17) is 0 Å². The molecule has 1 saturated heterocycles. The first kappa shape index (κ1) is 14.8. The molecule has 0 spiro atoms. The Bertz CT molecular complexity index is 341. The zero-order valence-corrected chi connectivity index (χ0v) is 14.0. The maximum Gasteiger partial charge on any atom is 0.0309 e. The second kappa shape index (κ2) is 5.28. The molecule has 20 heavy (non-hydrogen) atoms. The molecule has 1 aliphatic heterocycles. The monoisotopic (exact) mass is 278 g/mol. The molecule has 2 aliphatic carbocycles. The van der Waals surface area contributed by atoms with Crippen LogP contribution in [-0.4, -0.2) is 35.1 Å². The van der Waals surface area contributed by atoms with Crippen LogP contribution in [0.2, 0.25) is 0 Å². The molecule has 0 aromatic carbocycles. The quantitative estimate of drug-likeness (QED) is 0.844. The maximum absolute atomic E-state index is 3.93. The Balaban J connectivity index is 1.81. The Kier molecular flexibility index (Phi) is 3.92. The van der Waals surface area contributed by atoms with Crippen molar-refractivity contribution in [3.8, 4) is 0 Å². The number of rotatable bonds is 3. The van der Waals surface area contributed by atoms with Crippen LogP contribution in [-0.2, 0) is 0 Å². The topological polar surface area (TPSA) is 15.3 Å². The van der Waals surface area contributed by atoms with E-state index in [1.807, 2.05) is 0 Å². The molecule has 116 valence electrons.